The molecule has 0 unspecified atom stereocenters. The Balaban J connectivity index is 0.000000145. The van der Waals surface area contributed by atoms with Crippen LogP contribution in [-0.2, 0) is 63.7 Å². The van der Waals surface area contributed by atoms with Crippen LogP contribution in [0.4, 0.5) is 14.0 Å². The van der Waals surface area contributed by atoms with Crippen molar-refractivity contribution in [3.8, 4) is 45.0 Å². The number of hydrogen-bond donors (Lipinski definition) is 4. The number of halogens is 1. The Morgan fingerprint density at radius 3 is 0.898 bits per heavy atom. The van der Waals surface area contributed by atoms with E-state index in [-0.39, 0.29) is 71.7 Å². The Morgan fingerprint density at radius 2 is 0.630 bits per heavy atom. The number of nitrogens with one attached hydrogen (secondary N) is 4. The van der Waals surface area contributed by atoms with Crippen LogP contribution >= 0.6 is 0 Å². The molecule has 127 heavy (non-hydrogen) atoms. The van der Waals surface area contributed by atoms with Crippen molar-refractivity contribution in [1.82, 2.24) is 78.4 Å². The first-order valence-corrected chi connectivity index (χ1v) is 42.5. The Morgan fingerprint density at radius 1 is 0.362 bits per heavy atom. The number of hydrogen-bond acceptors (Lipinski definition) is 18. The van der Waals surface area contributed by atoms with Gasteiger partial charge in [-0.2, -0.15) is 0 Å². The maximum atomic E-state index is 14.8. The minimum atomic E-state index is -0.596. The zero-order valence-corrected chi connectivity index (χ0v) is 74.9. The van der Waals surface area contributed by atoms with Gasteiger partial charge in [-0.05, 0) is 197 Å². The van der Waals surface area contributed by atoms with E-state index in [1.165, 1.54) is 27.3 Å². The number of rotatable bonds is 16. The van der Waals surface area contributed by atoms with Crippen molar-refractivity contribution in [1.29, 1.82) is 0 Å². The number of aromatic nitrogens is 8. The van der Waals surface area contributed by atoms with Crippen molar-refractivity contribution in [2.45, 2.75) is 119 Å². The molecule has 16 rings (SSSR count). The molecule has 12 heterocycles. The molecule has 4 aromatic carbocycles. The zero-order chi connectivity index (χ0) is 90.8. The fourth-order valence-electron chi connectivity index (χ4n) is 16.7. The van der Waals surface area contributed by atoms with E-state index in [1.807, 2.05) is 180 Å². The highest BCUT2D eigenvalue weighted by molar-refractivity contribution is 5.97. The molecule has 0 spiro atoms. The van der Waals surface area contributed by atoms with Gasteiger partial charge in [-0.25, -0.2) is 33.9 Å². The van der Waals surface area contributed by atoms with Gasteiger partial charge >= 0.3 is 12.2 Å². The summed E-state index contributed by atoms with van der Waals surface area (Å²) in [5.74, 6) is -1.32. The number of carbonyl (C=O) groups is 8. The van der Waals surface area contributed by atoms with Crippen molar-refractivity contribution in [2.75, 3.05) is 121 Å². The summed E-state index contributed by atoms with van der Waals surface area (Å²) in [6.07, 6.45) is 9.04. The second-order valence-corrected chi connectivity index (χ2v) is 32.5. The third kappa shape index (κ3) is 20.8. The van der Waals surface area contributed by atoms with Gasteiger partial charge in [0.2, 0.25) is 11.8 Å². The van der Waals surface area contributed by atoms with Crippen molar-refractivity contribution >= 4 is 70.2 Å². The second-order valence-electron chi connectivity index (χ2n) is 32.5. The van der Waals surface area contributed by atoms with E-state index < -0.39 is 11.7 Å². The fourth-order valence-corrected chi connectivity index (χ4v) is 16.7. The third-order valence-electron chi connectivity index (χ3n) is 23.5. The summed E-state index contributed by atoms with van der Waals surface area (Å²) in [5.41, 5.74) is 24.0. The number of methoxy groups -OCH3 is 2. The molecule has 666 valence electrons. The fraction of sp³-hybridized carbons (Fsp3) is 0.375. The average Bonchev–Trinajstić information content (AvgIpc) is 1.61. The molecule has 0 bridgehead atoms. The molecular weight excluding hydrogens is 1620 g/mol. The molecule has 0 saturated carbocycles. The topological polar surface area (TPSA) is 322 Å². The number of carbonyl (C=O) groups excluding carboxylic acids is 8. The zero-order valence-electron chi connectivity index (χ0n) is 74.9. The molecule has 31 heteroatoms. The normalized spacial score (nSPS) is 16.4. The number of imidazole rings is 4. The van der Waals surface area contributed by atoms with Gasteiger partial charge in [-0.15, -0.1) is 0 Å². The lowest BCUT2D eigenvalue weighted by molar-refractivity contribution is -0.136. The minimum Gasteiger partial charge on any atom is -0.453 e. The lowest BCUT2D eigenvalue weighted by Gasteiger charge is -2.32. The van der Waals surface area contributed by atoms with Crippen molar-refractivity contribution in [3.05, 3.63) is 235 Å². The molecule has 0 radical (unpaired) electrons. The lowest BCUT2D eigenvalue weighted by Crippen LogP contribution is -2.46. The van der Waals surface area contributed by atoms with Crippen LogP contribution in [0, 0.1) is 61.2 Å². The molecule has 4 aliphatic heterocycles. The average molecular weight is 1730 g/mol. The summed E-state index contributed by atoms with van der Waals surface area (Å²) in [5, 5.41) is 10.5. The Kier molecular flexibility index (Phi) is 29.1. The van der Waals surface area contributed by atoms with Gasteiger partial charge in [0, 0.05) is 171 Å². The van der Waals surface area contributed by atoms with E-state index in [9.17, 15) is 42.7 Å². The number of ether oxygens (including phenoxy) is 6. The van der Waals surface area contributed by atoms with Crippen LogP contribution < -0.4 is 21.3 Å². The summed E-state index contributed by atoms with van der Waals surface area (Å²) in [7, 11) is 9.13. The van der Waals surface area contributed by atoms with Crippen LogP contribution in [0.1, 0.15) is 123 Å². The molecule has 4 atom stereocenters. The van der Waals surface area contributed by atoms with Gasteiger partial charge in [0.15, 0.2) is 0 Å². The van der Waals surface area contributed by atoms with Gasteiger partial charge in [0.05, 0.1) is 129 Å². The standard InChI is InChI=1S/C24H27FN4O3.2C24H28N4O4.C24H28N4O3/c1-14-5-6-29-21(11-17-13-28(16(3)30)7-8-32-17)23(27-22(29)9-14)18-12-20(25)19(10-15(18)2)24(31)26-4;2*1-15-7-8-28-20(13-18-14-27(9-10-32-18)24(30)31-4)22(26-21(28)11-15)19-6-5-17(12-16(19)2)23(29)25-3;1-15-7-8-28-21(13-19-14-27(17(3)29)9-10-31-19)23(26-22(28)11-15)20-6-5-18(12-16(20)2)24(30)25-4/h5-6,9-10,12,17H,7-8,11,13H2,1-4H3,(H,26,31);2*5-8,11-12,18H,9-10,13-14H2,1-4H3,(H,25,29);5-8,11-12,19H,9-10,13-14H2,1-4H3,(H,25,30)/t17-;2*18-;19-/m1100/s1. The summed E-state index contributed by atoms with van der Waals surface area (Å²) >= 11 is 0. The van der Waals surface area contributed by atoms with Crippen LogP contribution in [0.3, 0.4) is 0 Å². The number of benzene rings is 4. The smallest absolute Gasteiger partial charge is 0.409 e. The number of nitrogens with zero attached hydrogens (tertiary/aromatic N) is 12. The van der Waals surface area contributed by atoms with E-state index in [0.717, 1.165) is 124 Å². The largest absolute Gasteiger partial charge is 0.453 e. The highest BCUT2D eigenvalue weighted by Crippen LogP contribution is 2.37. The van der Waals surface area contributed by atoms with Crippen molar-refractivity contribution < 1.29 is 71.2 Å². The van der Waals surface area contributed by atoms with Gasteiger partial charge in [0.25, 0.3) is 23.6 Å². The van der Waals surface area contributed by atoms with Gasteiger partial charge in [-0.1, -0.05) is 18.2 Å². The molecule has 8 aromatic heterocycles. The Bertz CT molecular complexity index is 5990. The highest BCUT2D eigenvalue weighted by atomic mass is 19.1. The lowest BCUT2D eigenvalue weighted by atomic mass is 9.98. The molecule has 0 aliphatic carbocycles. The molecule has 30 nitrogen and oxygen atoms in total. The van der Waals surface area contributed by atoms with Crippen LogP contribution in [0.5, 0.6) is 0 Å². The van der Waals surface area contributed by atoms with Gasteiger partial charge < -0.3 is 86.9 Å². The van der Waals surface area contributed by atoms with Crippen molar-refractivity contribution in [2.24, 2.45) is 0 Å². The minimum absolute atomic E-state index is 0.00243. The van der Waals surface area contributed by atoms with Crippen molar-refractivity contribution in [3.63, 3.8) is 0 Å². The summed E-state index contributed by atoms with van der Waals surface area (Å²) in [6.45, 7) is 25.2. The van der Waals surface area contributed by atoms with Crippen LogP contribution in [0.25, 0.3) is 67.6 Å². The first kappa shape index (κ1) is 91.5. The molecule has 4 N–H and O–H groups in total. The summed E-state index contributed by atoms with van der Waals surface area (Å²) in [6, 6.07) is 36.2. The monoisotopic (exact) mass is 1730 g/mol. The summed E-state index contributed by atoms with van der Waals surface area (Å²) < 4.78 is 56.8. The first-order valence-electron chi connectivity index (χ1n) is 42.5. The van der Waals surface area contributed by atoms with E-state index in [4.69, 9.17) is 48.4 Å². The van der Waals surface area contributed by atoms with E-state index in [2.05, 4.69) is 46.6 Å². The Labute approximate surface area is 737 Å². The summed E-state index contributed by atoms with van der Waals surface area (Å²) in [4.78, 5) is 122. The molecule has 8 amide bonds. The van der Waals surface area contributed by atoms with E-state index in [0.29, 0.717) is 132 Å². The van der Waals surface area contributed by atoms with Crippen LogP contribution in [-0.4, -0.2) is 250 Å². The van der Waals surface area contributed by atoms with Crippen LogP contribution in [0.15, 0.2) is 140 Å². The first-order chi connectivity index (χ1) is 61.0. The molecule has 4 saturated heterocycles. The molecule has 4 fully saturated rings. The maximum absolute atomic E-state index is 14.8. The molecule has 12 aromatic rings. The molecular formula is C96H111FN16O14. The molecule has 4 aliphatic rings. The highest BCUT2D eigenvalue weighted by Gasteiger charge is 2.34. The SMILES string of the molecule is CNC(=O)c1cc(C)c(-c2nc3cc(C)ccn3c2C[C@@H]2CN(C(C)=O)CCO2)cc1F.CNC(=O)c1ccc(-c2nc3cc(C)ccn3c2C[C@@H]2CN(C(=O)OC)CCO2)c(C)c1.CNC(=O)c1ccc(-c2nc3cc(C)ccn3c2C[C@H]2CN(C(=O)OC)CCO2)c(C)c1.CNC(=O)c1ccc(-c2nc3cc(C)ccn3c2C[C@H]2CN(C(C)=O)CCO2)c(C)c1. The Hall–Kier alpha value is -13.2. The van der Waals surface area contributed by atoms with Gasteiger partial charge in [-0.3, -0.25) is 28.8 Å². The predicted molar refractivity (Wildman–Crippen MR) is 480 cm³/mol. The predicted octanol–water partition coefficient (Wildman–Crippen LogP) is 11.6. The van der Waals surface area contributed by atoms with E-state index >= 15 is 0 Å². The number of aryl methyl sites for hydroxylation is 8. The second kappa shape index (κ2) is 40.4. The quantitative estimate of drug-likeness (QED) is 0.0698. The third-order valence-corrected chi connectivity index (χ3v) is 23.5. The van der Waals surface area contributed by atoms with Crippen LogP contribution in [0.2, 0.25) is 0 Å². The maximum Gasteiger partial charge on any atom is 0.409 e. The van der Waals surface area contributed by atoms with Gasteiger partial charge in [0.1, 0.15) is 28.4 Å². The number of pyridine rings is 4. The number of amides is 8. The van der Waals surface area contributed by atoms with E-state index in [1.54, 1.807) is 55.8 Å². The number of morpholine rings is 4. The number of fused-ring (bicyclic) bond motifs is 4.